The van der Waals surface area contributed by atoms with E-state index < -0.39 is 0 Å². The second-order valence-corrected chi connectivity index (χ2v) is 5.67. The van der Waals surface area contributed by atoms with E-state index in [0.29, 0.717) is 12.1 Å². The van der Waals surface area contributed by atoms with Crippen molar-refractivity contribution in [1.29, 1.82) is 0 Å². The number of nitrogens with zero attached hydrogens (tertiary/aromatic N) is 2. The number of carbonyl (C=O) groups is 1. The standard InChI is InChI=1S/C12H11Cl2N3OS/c1-7(12-15-2-3-19-12)5-17-11(18)8-4-9(13)10(14)16-6-8/h2-4,6-7H,5H2,1H3,(H,17,18). The second-order valence-electron chi connectivity index (χ2n) is 3.98. The van der Waals surface area contributed by atoms with Crippen LogP contribution >= 0.6 is 34.5 Å². The summed E-state index contributed by atoms with van der Waals surface area (Å²) in [6, 6.07) is 1.50. The van der Waals surface area contributed by atoms with Gasteiger partial charge in [0.15, 0.2) is 0 Å². The van der Waals surface area contributed by atoms with E-state index in [1.54, 1.807) is 17.5 Å². The summed E-state index contributed by atoms with van der Waals surface area (Å²) >= 11 is 13.1. The molecule has 1 N–H and O–H groups in total. The first-order valence-electron chi connectivity index (χ1n) is 5.56. The van der Waals surface area contributed by atoms with Gasteiger partial charge in [-0.05, 0) is 6.07 Å². The predicted molar refractivity (Wildman–Crippen MR) is 77.1 cm³/mol. The molecule has 4 nitrogen and oxygen atoms in total. The molecule has 0 aliphatic carbocycles. The van der Waals surface area contributed by atoms with E-state index in [-0.39, 0.29) is 22.0 Å². The molecular formula is C12H11Cl2N3OS. The summed E-state index contributed by atoms with van der Waals surface area (Å²) in [7, 11) is 0. The van der Waals surface area contributed by atoms with Gasteiger partial charge >= 0.3 is 0 Å². The number of rotatable bonds is 4. The van der Waals surface area contributed by atoms with Crippen LogP contribution in [0.15, 0.2) is 23.8 Å². The normalized spacial score (nSPS) is 12.2. The zero-order chi connectivity index (χ0) is 13.8. The summed E-state index contributed by atoms with van der Waals surface area (Å²) in [6.45, 7) is 2.51. The van der Waals surface area contributed by atoms with Gasteiger partial charge in [-0.15, -0.1) is 11.3 Å². The predicted octanol–water partition coefficient (Wildman–Crippen LogP) is 3.38. The molecule has 0 radical (unpaired) electrons. The minimum Gasteiger partial charge on any atom is -0.351 e. The Morgan fingerprint density at radius 1 is 1.47 bits per heavy atom. The number of aromatic nitrogens is 2. The SMILES string of the molecule is CC(CNC(=O)c1cnc(Cl)c(Cl)c1)c1nccs1. The van der Waals surface area contributed by atoms with E-state index in [1.165, 1.54) is 12.3 Å². The van der Waals surface area contributed by atoms with Crippen molar-refractivity contribution in [1.82, 2.24) is 15.3 Å². The van der Waals surface area contributed by atoms with Crippen LogP contribution < -0.4 is 5.32 Å². The van der Waals surface area contributed by atoms with E-state index in [9.17, 15) is 4.79 Å². The van der Waals surface area contributed by atoms with E-state index in [4.69, 9.17) is 23.2 Å². The van der Waals surface area contributed by atoms with Crippen LogP contribution in [-0.4, -0.2) is 22.4 Å². The van der Waals surface area contributed by atoms with E-state index in [2.05, 4.69) is 15.3 Å². The molecule has 1 atom stereocenters. The highest BCUT2D eigenvalue weighted by Gasteiger charge is 2.12. The summed E-state index contributed by atoms with van der Waals surface area (Å²) in [4.78, 5) is 20.0. The molecule has 1 amide bonds. The van der Waals surface area contributed by atoms with Gasteiger partial charge in [-0.3, -0.25) is 4.79 Å². The molecule has 0 saturated heterocycles. The summed E-state index contributed by atoms with van der Waals surface area (Å²) in [5, 5.41) is 6.18. The lowest BCUT2D eigenvalue weighted by Gasteiger charge is -2.10. The number of carbonyl (C=O) groups excluding carboxylic acids is 1. The van der Waals surface area contributed by atoms with Gasteiger partial charge in [-0.2, -0.15) is 0 Å². The zero-order valence-corrected chi connectivity index (χ0v) is 12.4. The summed E-state index contributed by atoms with van der Waals surface area (Å²) in [5.74, 6) is -0.0610. The van der Waals surface area contributed by atoms with Gasteiger partial charge in [-0.1, -0.05) is 30.1 Å². The third-order valence-electron chi connectivity index (χ3n) is 2.50. The third-order valence-corrected chi connectivity index (χ3v) is 4.19. The van der Waals surface area contributed by atoms with Gasteiger partial charge in [0.05, 0.1) is 15.6 Å². The Balaban J connectivity index is 1.96. The highest BCUT2D eigenvalue weighted by Crippen LogP contribution is 2.20. The maximum atomic E-state index is 11.9. The fourth-order valence-electron chi connectivity index (χ4n) is 1.46. The first-order valence-corrected chi connectivity index (χ1v) is 7.20. The van der Waals surface area contributed by atoms with Crippen LogP contribution in [0, 0.1) is 0 Å². The van der Waals surface area contributed by atoms with Crippen LogP contribution in [0.25, 0.3) is 0 Å². The average Bonchev–Trinajstić information content (AvgIpc) is 2.92. The fourth-order valence-corrected chi connectivity index (χ4v) is 2.43. The Bertz CT molecular complexity index is 574. The highest BCUT2D eigenvalue weighted by atomic mass is 35.5. The maximum absolute atomic E-state index is 11.9. The number of hydrogen-bond donors (Lipinski definition) is 1. The van der Waals surface area contributed by atoms with Crippen LogP contribution in [-0.2, 0) is 0 Å². The van der Waals surface area contributed by atoms with Crippen molar-refractivity contribution in [2.24, 2.45) is 0 Å². The van der Waals surface area contributed by atoms with Crippen LogP contribution in [0.4, 0.5) is 0 Å². The van der Waals surface area contributed by atoms with Crippen LogP contribution in [0.5, 0.6) is 0 Å². The number of amides is 1. The first kappa shape index (κ1) is 14.2. The van der Waals surface area contributed by atoms with E-state index in [0.717, 1.165) is 5.01 Å². The Kier molecular flexibility index (Phi) is 4.74. The molecule has 0 saturated carbocycles. The van der Waals surface area contributed by atoms with Crippen molar-refractivity contribution in [3.05, 3.63) is 44.6 Å². The number of hydrogen-bond acceptors (Lipinski definition) is 4. The lowest BCUT2D eigenvalue weighted by molar-refractivity contribution is 0.0951. The number of pyridine rings is 1. The van der Waals surface area contributed by atoms with Gasteiger partial charge in [0, 0.05) is 30.2 Å². The molecule has 2 heterocycles. The smallest absolute Gasteiger partial charge is 0.252 e. The summed E-state index contributed by atoms with van der Waals surface area (Å²) in [5.41, 5.74) is 0.390. The molecule has 0 aliphatic rings. The zero-order valence-electron chi connectivity index (χ0n) is 10.1. The number of halogens is 2. The van der Waals surface area contributed by atoms with Crippen molar-refractivity contribution in [3.63, 3.8) is 0 Å². The molecule has 0 fully saturated rings. The average molecular weight is 316 g/mol. The molecule has 100 valence electrons. The maximum Gasteiger partial charge on any atom is 0.252 e. The Hall–Kier alpha value is -1.17. The largest absolute Gasteiger partial charge is 0.351 e. The van der Waals surface area contributed by atoms with Crippen molar-refractivity contribution in [3.8, 4) is 0 Å². The van der Waals surface area contributed by atoms with Crippen molar-refractivity contribution in [2.45, 2.75) is 12.8 Å². The van der Waals surface area contributed by atoms with Crippen LogP contribution in [0.2, 0.25) is 10.2 Å². The van der Waals surface area contributed by atoms with Crippen LogP contribution in [0.1, 0.15) is 28.2 Å². The molecule has 2 aromatic rings. The van der Waals surface area contributed by atoms with Gasteiger partial charge in [0.1, 0.15) is 5.15 Å². The van der Waals surface area contributed by atoms with E-state index >= 15 is 0 Å². The van der Waals surface area contributed by atoms with Gasteiger partial charge in [-0.25, -0.2) is 9.97 Å². The van der Waals surface area contributed by atoms with Crippen molar-refractivity contribution in [2.75, 3.05) is 6.54 Å². The quantitative estimate of drug-likeness (QED) is 0.880. The van der Waals surface area contributed by atoms with Gasteiger partial charge in [0.2, 0.25) is 0 Å². The summed E-state index contributed by atoms with van der Waals surface area (Å²) < 4.78 is 0. The molecule has 19 heavy (non-hydrogen) atoms. The third kappa shape index (κ3) is 3.65. The topological polar surface area (TPSA) is 54.9 Å². The lowest BCUT2D eigenvalue weighted by atomic mass is 10.2. The molecule has 0 aromatic carbocycles. The molecule has 0 bridgehead atoms. The summed E-state index contributed by atoms with van der Waals surface area (Å²) in [6.07, 6.45) is 3.15. The van der Waals surface area contributed by atoms with Crippen LogP contribution in [0.3, 0.4) is 0 Å². The monoisotopic (exact) mass is 315 g/mol. The molecule has 7 heteroatoms. The Morgan fingerprint density at radius 3 is 2.89 bits per heavy atom. The molecule has 1 unspecified atom stereocenters. The first-order chi connectivity index (χ1) is 9.08. The second kappa shape index (κ2) is 6.32. The fraction of sp³-hybridized carbons (Fsp3) is 0.250. The van der Waals surface area contributed by atoms with E-state index in [1.807, 2.05) is 12.3 Å². The van der Waals surface area contributed by atoms with Crippen molar-refractivity contribution >= 4 is 40.4 Å². The number of thiazole rings is 1. The Labute approximate surface area is 124 Å². The lowest BCUT2D eigenvalue weighted by Crippen LogP contribution is -2.27. The van der Waals surface area contributed by atoms with Gasteiger partial charge in [0.25, 0.3) is 5.91 Å². The Morgan fingerprint density at radius 2 is 2.26 bits per heavy atom. The molecule has 2 rings (SSSR count). The molecule has 0 spiro atoms. The molecule has 0 aliphatic heterocycles. The molecule has 2 aromatic heterocycles. The minimum absolute atomic E-state index is 0.166. The van der Waals surface area contributed by atoms with Crippen molar-refractivity contribution < 1.29 is 4.79 Å². The molecular weight excluding hydrogens is 305 g/mol. The minimum atomic E-state index is -0.227. The van der Waals surface area contributed by atoms with Gasteiger partial charge < -0.3 is 5.32 Å². The number of nitrogens with one attached hydrogen (secondary N) is 1. The highest BCUT2D eigenvalue weighted by molar-refractivity contribution is 7.09.